The largest absolute Gasteiger partial charge is 0.462 e. The van der Waals surface area contributed by atoms with Crippen molar-refractivity contribution in [1.29, 1.82) is 0 Å². The summed E-state index contributed by atoms with van der Waals surface area (Å²) < 4.78 is 12.9. The van der Waals surface area contributed by atoms with Gasteiger partial charge in [0.25, 0.3) is 8.32 Å². The van der Waals surface area contributed by atoms with Crippen LogP contribution in [0.15, 0.2) is 60.7 Å². The molecule has 1 aliphatic rings. The molecule has 1 fully saturated rings. The van der Waals surface area contributed by atoms with Crippen molar-refractivity contribution < 1.29 is 14.0 Å². The minimum atomic E-state index is -2.59. The molecule has 0 bridgehead atoms. The minimum Gasteiger partial charge on any atom is -0.462 e. The van der Waals surface area contributed by atoms with Crippen LogP contribution >= 0.6 is 0 Å². The number of ether oxygens (including phenoxy) is 1. The molecule has 1 aliphatic carbocycles. The smallest absolute Gasteiger partial charge is 0.302 e. The number of rotatable bonds is 5. The molecule has 0 amide bonds. The van der Waals surface area contributed by atoms with Crippen molar-refractivity contribution >= 4 is 24.7 Å². The first-order chi connectivity index (χ1) is 13.8. The molecule has 29 heavy (non-hydrogen) atoms. The summed E-state index contributed by atoms with van der Waals surface area (Å²) >= 11 is 0. The Morgan fingerprint density at radius 3 is 1.83 bits per heavy atom. The van der Waals surface area contributed by atoms with Crippen molar-refractivity contribution in [2.24, 2.45) is 5.92 Å². The number of carbonyl (C=O) groups excluding carboxylic acids is 1. The molecule has 0 spiro atoms. The van der Waals surface area contributed by atoms with Gasteiger partial charge in [0, 0.05) is 12.8 Å². The molecular formula is C25H34O3Si. The van der Waals surface area contributed by atoms with Gasteiger partial charge in [0.2, 0.25) is 0 Å². The van der Waals surface area contributed by atoms with E-state index in [0.29, 0.717) is 0 Å². The molecule has 0 heterocycles. The Bertz CT molecular complexity index is 758. The molecule has 1 saturated carbocycles. The van der Waals surface area contributed by atoms with Crippen LogP contribution in [-0.2, 0) is 14.0 Å². The zero-order valence-electron chi connectivity index (χ0n) is 18.4. The number of hydrogen-bond donors (Lipinski definition) is 0. The van der Waals surface area contributed by atoms with Crippen LogP contribution < -0.4 is 10.4 Å². The second kappa shape index (κ2) is 8.84. The van der Waals surface area contributed by atoms with E-state index in [9.17, 15) is 4.79 Å². The fourth-order valence-electron chi connectivity index (χ4n) is 4.75. The summed E-state index contributed by atoms with van der Waals surface area (Å²) in [6, 6.07) is 21.5. The summed E-state index contributed by atoms with van der Waals surface area (Å²) in [6.07, 6.45) is 2.94. The summed E-state index contributed by atoms with van der Waals surface area (Å²) in [6.45, 7) is 10.6. The number of esters is 1. The Balaban J connectivity index is 2.07. The molecule has 0 saturated heterocycles. The lowest BCUT2D eigenvalue weighted by Gasteiger charge is -2.48. The van der Waals surface area contributed by atoms with Gasteiger partial charge in [0.1, 0.15) is 6.10 Å². The van der Waals surface area contributed by atoms with E-state index in [1.807, 2.05) is 0 Å². The lowest BCUT2D eigenvalue weighted by molar-refractivity contribution is -0.153. The predicted octanol–water partition coefficient (Wildman–Crippen LogP) is 4.68. The molecule has 0 radical (unpaired) electrons. The van der Waals surface area contributed by atoms with E-state index in [4.69, 9.17) is 9.16 Å². The minimum absolute atomic E-state index is 0.0518. The van der Waals surface area contributed by atoms with Crippen molar-refractivity contribution in [1.82, 2.24) is 0 Å². The summed E-state index contributed by atoms with van der Waals surface area (Å²) in [5.41, 5.74) is 0. The predicted molar refractivity (Wildman–Crippen MR) is 121 cm³/mol. The van der Waals surface area contributed by atoms with Crippen LogP contribution in [0.3, 0.4) is 0 Å². The maximum Gasteiger partial charge on any atom is 0.302 e. The second-order valence-electron chi connectivity index (χ2n) is 9.26. The molecule has 2 aromatic carbocycles. The van der Waals surface area contributed by atoms with Gasteiger partial charge in [-0.25, -0.2) is 0 Å². The number of benzene rings is 2. The fraction of sp³-hybridized carbons (Fsp3) is 0.480. The summed E-state index contributed by atoms with van der Waals surface area (Å²) in [4.78, 5) is 11.6. The molecule has 0 aliphatic heterocycles. The third-order valence-corrected chi connectivity index (χ3v) is 11.3. The van der Waals surface area contributed by atoms with Crippen molar-refractivity contribution in [3.8, 4) is 0 Å². The topological polar surface area (TPSA) is 35.5 Å². The van der Waals surface area contributed by atoms with Crippen LogP contribution in [-0.4, -0.2) is 26.5 Å². The van der Waals surface area contributed by atoms with Crippen molar-refractivity contribution in [2.75, 3.05) is 0 Å². The highest BCUT2D eigenvalue weighted by Crippen LogP contribution is 2.40. The van der Waals surface area contributed by atoms with Gasteiger partial charge in [-0.15, -0.1) is 0 Å². The first-order valence-electron chi connectivity index (χ1n) is 10.7. The Morgan fingerprint density at radius 1 is 0.897 bits per heavy atom. The van der Waals surface area contributed by atoms with Gasteiger partial charge in [-0.05, 0) is 34.7 Å². The molecule has 156 valence electrons. The SMILES string of the molecule is CC(=O)OC1CCCC(O[Si](c2ccccc2)(c2ccccc2)C(C)(C)C)C1C. The first-order valence-corrected chi connectivity index (χ1v) is 12.6. The summed E-state index contributed by atoms with van der Waals surface area (Å²) in [5, 5.41) is 2.53. The van der Waals surface area contributed by atoms with Gasteiger partial charge in [0.05, 0.1) is 6.10 Å². The van der Waals surface area contributed by atoms with Crippen LogP contribution in [0.4, 0.5) is 0 Å². The molecule has 0 aromatic heterocycles. The normalized spacial score (nSPS) is 22.9. The van der Waals surface area contributed by atoms with E-state index in [1.54, 1.807) is 0 Å². The van der Waals surface area contributed by atoms with E-state index < -0.39 is 8.32 Å². The van der Waals surface area contributed by atoms with Gasteiger partial charge >= 0.3 is 5.97 Å². The second-order valence-corrected chi connectivity index (χ2v) is 13.5. The summed E-state index contributed by atoms with van der Waals surface area (Å²) in [7, 11) is -2.59. The molecule has 3 nitrogen and oxygen atoms in total. The standard InChI is InChI=1S/C25H34O3Si/c1-19-23(27-20(2)26)17-12-18-24(19)28-29(25(3,4)5,21-13-8-6-9-14-21)22-15-10-7-11-16-22/h6-11,13-16,19,23-24H,12,17-18H2,1-5H3. The van der Waals surface area contributed by atoms with E-state index in [1.165, 1.54) is 17.3 Å². The monoisotopic (exact) mass is 410 g/mol. The molecule has 3 unspecified atom stereocenters. The zero-order chi connectivity index (χ0) is 21.1. The van der Waals surface area contributed by atoms with E-state index in [0.717, 1.165) is 19.3 Å². The van der Waals surface area contributed by atoms with Gasteiger partial charge < -0.3 is 9.16 Å². The van der Waals surface area contributed by atoms with Crippen molar-refractivity contribution in [3.05, 3.63) is 60.7 Å². The Labute approximate surface area is 176 Å². The molecular weight excluding hydrogens is 376 g/mol. The maximum absolute atomic E-state index is 11.6. The van der Waals surface area contributed by atoms with Gasteiger partial charge in [-0.1, -0.05) is 88.4 Å². The molecule has 4 heteroatoms. The highest BCUT2D eigenvalue weighted by molar-refractivity contribution is 6.99. The Kier molecular flexibility index (Phi) is 6.64. The van der Waals surface area contributed by atoms with Crippen molar-refractivity contribution in [3.63, 3.8) is 0 Å². The van der Waals surface area contributed by atoms with Gasteiger partial charge in [-0.3, -0.25) is 4.79 Å². The Hall–Kier alpha value is -1.91. The first kappa shape index (κ1) is 21.8. The maximum atomic E-state index is 11.6. The van der Waals surface area contributed by atoms with Crippen molar-refractivity contribution in [2.45, 2.75) is 71.1 Å². The van der Waals surface area contributed by atoms with E-state index in [-0.39, 0.29) is 29.1 Å². The molecule has 3 atom stereocenters. The molecule has 0 N–H and O–H groups in total. The number of carbonyl (C=O) groups is 1. The van der Waals surface area contributed by atoms with Gasteiger partial charge in [-0.2, -0.15) is 0 Å². The van der Waals surface area contributed by atoms with Gasteiger partial charge in [0.15, 0.2) is 0 Å². The Morgan fingerprint density at radius 2 is 1.38 bits per heavy atom. The highest BCUT2D eigenvalue weighted by Gasteiger charge is 2.52. The van der Waals surface area contributed by atoms with Crippen LogP contribution in [0, 0.1) is 5.92 Å². The van der Waals surface area contributed by atoms with Crippen LogP contribution in [0.5, 0.6) is 0 Å². The average Bonchev–Trinajstić information content (AvgIpc) is 2.69. The lowest BCUT2D eigenvalue weighted by Crippen LogP contribution is -2.68. The average molecular weight is 411 g/mol. The third-order valence-electron chi connectivity index (χ3n) is 6.21. The third kappa shape index (κ3) is 4.49. The van der Waals surface area contributed by atoms with Crippen LogP contribution in [0.2, 0.25) is 5.04 Å². The van der Waals surface area contributed by atoms with E-state index in [2.05, 4.69) is 88.4 Å². The summed E-state index contributed by atoms with van der Waals surface area (Å²) in [5.74, 6) is -0.0257. The van der Waals surface area contributed by atoms with Crippen LogP contribution in [0.25, 0.3) is 0 Å². The quantitative estimate of drug-likeness (QED) is 0.530. The molecule has 3 rings (SSSR count). The zero-order valence-corrected chi connectivity index (χ0v) is 19.4. The highest BCUT2D eigenvalue weighted by atomic mass is 28.4. The molecule has 2 aromatic rings. The fourth-order valence-corrected chi connectivity index (χ4v) is 9.55. The van der Waals surface area contributed by atoms with Crippen LogP contribution in [0.1, 0.15) is 53.9 Å². The van der Waals surface area contributed by atoms with E-state index >= 15 is 0 Å². The lowest BCUT2D eigenvalue weighted by atomic mass is 9.85. The number of hydrogen-bond acceptors (Lipinski definition) is 3.